The van der Waals surface area contributed by atoms with Gasteiger partial charge in [-0.3, -0.25) is 9.59 Å². The number of nitrogens with zero attached hydrogens (tertiary/aromatic N) is 1. The van der Waals surface area contributed by atoms with Crippen LogP contribution in [-0.4, -0.2) is 36.5 Å². The molecule has 2 aromatic carbocycles. The minimum absolute atomic E-state index is 0.174. The Morgan fingerprint density at radius 3 is 2.57 bits per heavy atom. The minimum Gasteiger partial charge on any atom is -0.490 e. The van der Waals surface area contributed by atoms with Crippen molar-refractivity contribution >= 4 is 17.5 Å². The monoisotopic (exact) mass is 382 g/mol. The van der Waals surface area contributed by atoms with E-state index in [4.69, 9.17) is 9.47 Å². The number of nitrogens with one attached hydrogen (secondary N) is 1. The molecular weight excluding hydrogens is 356 g/mol. The molecule has 1 N–H and O–H groups in total. The third-order valence-corrected chi connectivity index (χ3v) is 4.54. The van der Waals surface area contributed by atoms with E-state index in [1.165, 1.54) is 0 Å². The van der Waals surface area contributed by atoms with E-state index in [0.717, 1.165) is 18.5 Å². The summed E-state index contributed by atoms with van der Waals surface area (Å²) >= 11 is 0. The average molecular weight is 382 g/mol. The summed E-state index contributed by atoms with van der Waals surface area (Å²) in [4.78, 5) is 26.3. The van der Waals surface area contributed by atoms with Gasteiger partial charge in [0.1, 0.15) is 0 Å². The smallest absolute Gasteiger partial charge is 0.255 e. The number of carbonyl (C=O) groups excluding carboxylic acids is 2. The van der Waals surface area contributed by atoms with Crippen molar-refractivity contribution in [2.75, 3.05) is 25.1 Å². The molecule has 28 heavy (non-hydrogen) atoms. The van der Waals surface area contributed by atoms with Gasteiger partial charge in [-0.25, -0.2) is 0 Å². The van der Waals surface area contributed by atoms with Crippen molar-refractivity contribution in [1.82, 2.24) is 4.90 Å². The Labute approximate surface area is 165 Å². The molecule has 0 bridgehead atoms. The summed E-state index contributed by atoms with van der Waals surface area (Å²) in [6, 6.07) is 12.7. The van der Waals surface area contributed by atoms with Gasteiger partial charge in [0.2, 0.25) is 5.91 Å². The number of hydrogen-bond acceptors (Lipinski definition) is 4. The van der Waals surface area contributed by atoms with Gasteiger partial charge in [-0.05, 0) is 50.1 Å². The number of ether oxygens (including phenoxy) is 2. The molecule has 0 spiro atoms. The first-order valence-electron chi connectivity index (χ1n) is 9.68. The molecule has 6 nitrogen and oxygen atoms in total. The first-order valence-corrected chi connectivity index (χ1v) is 9.68. The van der Waals surface area contributed by atoms with Gasteiger partial charge in [0.25, 0.3) is 5.91 Å². The molecule has 1 heterocycles. The Bertz CT molecular complexity index is 850. The van der Waals surface area contributed by atoms with Gasteiger partial charge in [0.15, 0.2) is 11.5 Å². The molecule has 0 aromatic heterocycles. The molecule has 1 saturated heterocycles. The number of amides is 2. The van der Waals surface area contributed by atoms with E-state index in [-0.39, 0.29) is 11.8 Å². The second-order valence-electron chi connectivity index (χ2n) is 6.60. The van der Waals surface area contributed by atoms with E-state index < -0.39 is 0 Å². The number of hydrogen-bond donors (Lipinski definition) is 1. The molecule has 0 atom stereocenters. The molecule has 0 saturated carbocycles. The number of carbonyl (C=O) groups is 2. The zero-order valence-electron chi connectivity index (χ0n) is 16.4. The molecule has 148 valence electrons. The summed E-state index contributed by atoms with van der Waals surface area (Å²) in [6.07, 6.45) is 1.51. The van der Waals surface area contributed by atoms with Crippen molar-refractivity contribution in [3.63, 3.8) is 0 Å². The lowest BCUT2D eigenvalue weighted by Crippen LogP contribution is -2.24. The maximum atomic E-state index is 12.7. The predicted octanol–water partition coefficient (Wildman–Crippen LogP) is 3.86. The fraction of sp³-hybridized carbons (Fsp3) is 0.364. The number of anilines is 1. The Morgan fingerprint density at radius 1 is 1.07 bits per heavy atom. The molecule has 0 aliphatic carbocycles. The highest BCUT2D eigenvalue weighted by atomic mass is 16.5. The molecule has 3 rings (SSSR count). The van der Waals surface area contributed by atoms with Crippen LogP contribution in [0.4, 0.5) is 5.69 Å². The lowest BCUT2D eigenvalue weighted by atomic mass is 10.1. The molecule has 1 fully saturated rings. The lowest BCUT2D eigenvalue weighted by molar-refractivity contribution is -0.128. The van der Waals surface area contributed by atoms with Crippen molar-refractivity contribution in [1.29, 1.82) is 0 Å². The molecule has 0 unspecified atom stereocenters. The standard InChI is InChI=1S/C22H26N2O4/c1-3-27-19-11-10-18(14-20(19)28-4-2)23-22(26)17-8-5-7-16(13-17)15-24-12-6-9-21(24)25/h5,7-8,10-11,13-14H,3-4,6,9,12,15H2,1-2H3,(H,23,26). The van der Waals surface area contributed by atoms with E-state index in [1.807, 2.05) is 36.9 Å². The summed E-state index contributed by atoms with van der Waals surface area (Å²) < 4.78 is 11.2. The highest BCUT2D eigenvalue weighted by molar-refractivity contribution is 6.04. The highest BCUT2D eigenvalue weighted by Crippen LogP contribution is 2.30. The summed E-state index contributed by atoms with van der Waals surface area (Å²) in [5.41, 5.74) is 2.14. The third kappa shape index (κ3) is 4.82. The van der Waals surface area contributed by atoms with Crippen LogP contribution in [-0.2, 0) is 11.3 Å². The lowest BCUT2D eigenvalue weighted by Gasteiger charge is -2.16. The Hall–Kier alpha value is -3.02. The second-order valence-corrected chi connectivity index (χ2v) is 6.60. The van der Waals surface area contributed by atoms with Crippen LogP contribution >= 0.6 is 0 Å². The van der Waals surface area contributed by atoms with E-state index in [2.05, 4.69) is 5.32 Å². The van der Waals surface area contributed by atoms with E-state index >= 15 is 0 Å². The Balaban J connectivity index is 1.71. The predicted molar refractivity (Wildman–Crippen MR) is 108 cm³/mol. The van der Waals surface area contributed by atoms with Crippen LogP contribution in [0.15, 0.2) is 42.5 Å². The normalized spacial score (nSPS) is 13.5. The average Bonchev–Trinajstić information content (AvgIpc) is 3.09. The van der Waals surface area contributed by atoms with Gasteiger partial charge >= 0.3 is 0 Å². The number of likely N-dealkylation sites (tertiary alicyclic amines) is 1. The first kappa shape index (κ1) is 19.7. The summed E-state index contributed by atoms with van der Waals surface area (Å²) in [5, 5.41) is 2.90. The van der Waals surface area contributed by atoms with E-state index in [0.29, 0.717) is 48.9 Å². The topological polar surface area (TPSA) is 67.9 Å². The van der Waals surface area contributed by atoms with E-state index in [1.54, 1.807) is 24.3 Å². The van der Waals surface area contributed by atoms with Gasteiger partial charge < -0.3 is 19.7 Å². The minimum atomic E-state index is -0.207. The van der Waals surface area contributed by atoms with Crippen LogP contribution in [0.3, 0.4) is 0 Å². The van der Waals surface area contributed by atoms with Gasteiger partial charge in [-0.2, -0.15) is 0 Å². The molecule has 1 aliphatic heterocycles. The maximum absolute atomic E-state index is 12.7. The highest BCUT2D eigenvalue weighted by Gasteiger charge is 2.20. The van der Waals surface area contributed by atoms with Crippen molar-refractivity contribution in [2.24, 2.45) is 0 Å². The molecule has 1 aliphatic rings. The van der Waals surface area contributed by atoms with Crippen LogP contribution in [0, 0.1) is 0 Å². The Morgan fingerprint density at radius 2 is 1.86 bits per heavy atom. The third-order valence-electron chi connectivity index (χ3n) is 4.54. The quantitative estimate of drug-likeness (QED) is 0.753. The summed E-state index contributed by atoms with van der Waals surface area (Å²) in [6.45, 7) is 6.18. The summed E-state index contributed by atoms with van der Waals surface area (Å²) in [7, 11) is 0. The van der Waals surface area contributed by atoms with Crippen molar-refractivity contribution in [2.45, 2.75) is 33.2 Å². The fourth-order valence-electron chi connectivity index (χ4n) is 3.23. The summed E-state index contributed by atoms with van der Waals surface area (Å²) in [5.74, 6) is 1.22. The maximum Gasteiger partial charge on any atom is 0.255 e. The van der Waals surface area contributed by atoms with Crippen molar-refractivity contribution in [3.05, 3.63) is 53.6 Å². The van der Waals surface area contributed by atoms with Gasteiger partial charge in [-0.15, -0.1) is 0 Å². The van der Waals surface area contributed by atoms with Crippen molar-refractivity contribution in [3.8, 4) is 11.5 Å². The zero-order valence-corrected chi connectivity index (χ0v) is 16.4. The molecular formula is C22H26N2O4. The molecule has 0 radical (unpaired) electrons. The van der Waals surface area contributed by atoms with E-state index in [9.17, 15) is 9.59 Å². The first-order chi connectivity index (χ1) is 13.6. The largest absolute Gasteiger partial charge is 0.490 e. The SMILES string of the molecule is CCOc1ccc(NC(=O)c2cccc(CN3CCCC3=O)c2)cc1OCC. The zero-order chi connectivity index (χ0) is 19.9. The Kier molecular flexibility index (Phi) is 6.53. The van der Waals surface area contributed by atoms with Crippen molar-refractivity contribution < 1.29 is 19.1 Å². The second kappa shape index (κ2) is 9.26. The molecule has 2 amide bonds. The van der Waals surface area contributed by atoms with Crippen LogP contribution in [0.5, 0.6) is 11.5 Å². The van der Waals surface area contributed by atoms with Crippen LogP contribution in [0.1, 0.15) is 42.6 Å². The van der Waals surface area contributed by atoms with Gasteiger partial charge in [-0.1, -0.05) is 12.1 Å². The van der Waals surface area contributed by atoms with Crippen LogP contribution in [0.2, 0.25) is 0 Å². The molecule has 2 aromatic rings. The number of benzene rings is 2. The van der Waals surface area contributed by atoms with Crippen LogP contribution < -0.4 is 14.8 Å². The molecule has 6 heteroatoms. The van der Waals surface area contributed by atoms with Gasteiger partial charge in [0.05, 0.1) is 13.2 Å². The number of rotatable bonds is 8. The van der Waals surface area contributed by atoms with Crippen LogP contribution in [0.25, 0.3) is 0 Å². The van der Waals surface area contributed by atoms with Gasteiger partial charge in [0, 0.05) is 36.8 Å². The fourth-order valence-corrected chi connectivity index (χ4v) is 3.23.